The molecule has 0 aromatic carbocycles. The summed E-state index contributed by atoms with van der Waals surface area (Å²) in [6.45, 7) is 6.35. The van der Waals surface area contributed by atoms with Crippen LogP contribution in [0, 0.1) is 0 Å². The van der Waals surface area contributed by atoms with E-state index < -0.39 is 5.54 Å². The van der Waals surface area contributed by atoms with Crippen LogP contribution in [0.25, 0.3) is 0 Å². The zero-order valence-electron chi connectivity index (χ0n) is 19.3. The number of carbonyl (C=O) groups is 4. The fourth-order valence-corrected chi connectivity index (χ4v) is 5.65. The summed E-state index contributed by atoms with van der Waals surface area (Å²) in [6, 6.07) is 0.0119. The highest BCUT2D eigenvalue weighted by atomic mass is 16.2. The second-order valence-corrected chi connectivity index (χ2v) is 9.87. The maximum absolute atomic E-state index is 12.7. The van der Waals surface area contributed by atoms with Crippen LogP contribution in [0.2, 0.25) is 0 Å². The molecule has 32 heavy (non-hydrogen) atoms. The molecule has 4 fully saturated rings. The van der Waals surface area contributed by atoms with Crippen molar-refractivity contribution in [3.8, 4) is 0 Å². The molecule has 9 nitrogen and oxygen atoms in total. The van der Waals surface area contributed by atoms with Crippen LogP contribution < -0.4 is 5.32 Å². The Morgan fingerprint density at radius 2 is 1.69 bits per heavy atom. The van der Waals surface area contributed by atoms with E-state index in [9.17, 15) is 19.2 Å². The van der Waals surface area contributed by atoms with Gasteiger partial charge in [0.15, 0.2) is 0 Å². The third kappa shape index (κ3) is 4.77. The molecule has 5 amide bonds. The Kier molecular flexibility index (Phi) is 7.02. The van der Waals surface area contributed by atoms with Crippen LogP contribution >= 0.6 is 0 Å². The standard InChI is InChI=1S/C23H37N5O4/c1-18-7-2-5-11-27(18)20(30)17-25-13-15-26(16-14-25)19(29)8-6-12-28-21(31)23(24-22(28)32)9-3-4-10-23/h18H,2-17H2,1H3,(H,24,32). The predicted octanol–water partition coefficient (Wildman–Crippen LogP) is 1.18. The molecule has 1 saturated carbocycles. The Hall–Kier alpha value is -2.16. The summed E-state index contributed by atoms with van der Waals surface area (Å²) in [4.78, 5) is 57.5. The lowest BCUT2D eigenvalue weighted by atomic mass is 9.98. The maximum atomic E-state index is 12.7. The molecule has 3 saturated heterocycles. The Morgan fingerprint density at radius 1 is 0.969 bits per heavy atom. The van der Waals surface area contributed by atoms with E-state index in [1.807, 2.05) is 9.80 Å². The molecule has 0 aromatic heterocycles. The molecule has 4 rings (SSSR count). The minimum Gasteiger partial charge on any atom is -0.340 e. The van der Waals surface area contributed by atoms with Crippen LogP contribution in [-0.4, -0.2) is 101 Å². The Balaban J connectivity index is 1.16. The van der Waals surface area contributed by atoms with Crippen molar-refractivity contribution in [3.05, 3.63) is 0 Å². The van der Waals surface area contributed by atoms with Gasteiger partial charge in [0.2, 0.25) is 11.8 Å². The average Bonchev–Trinajstić information content (AvgIpc) is 3.34. The van der Waals surface area contributed by atoms with Crippen LogP contribution in [0.3, 0.4) is 0 Å². The van der Waals surface area contributed by atoms with Crippen LogP contribution in [-0.2, 0) is 14.4 Å². The van der Waals surface area contributed by atoms with Gasteiger partial charge in [-0.25, -0.2) is 4.79 Å². The molecule has 3 aliphatic heterocycles. The number of piperidine rings is 1. The van der Waals surface area contributed by atoms with E-state index in [1.54, 1.807) is 0 Å². The van der Waals surface area contributed by atoms with Crippen molar-refractivity contribution in [1.82, 2.24) is 24.9 Å². The van der Waals surface area contributed by atoms with Gasteiger partial charge in [0.1, 0.15) is 5.54 Å². The van der Waals surface area contributed by atoms with Gasteiger partial charge in [-0.1, -0.05) is 12.8 Å². The fraction of sp³-hybridized carbons (Fsp3) is 0.826. The second kappa shape index (κ2) is 9.77. The molecule has 0 radical (unpaired) electrons. The van der Waals surface area contributed by atoms with Gasteiger partial charge in [0.05, 0.1) is 6.54 Å². The lowest BCUT2D eigenvalue weighted by Gasteiger charge is -2.38. The highest BCUT2D eigenvalue weighted by Gasteiger charge is 2.52. The first kappa shape index (κ1) is 23.0. The molecule has 9 heteroatoms. The minimum absolute atomic E-state index is 0.0586. The predicted molar refractivity (Wildman–Crippen MR) is 119 cm³/mol. The molecular weight excluding hydrogens is 410 g/mol. The zero-order valence-corrected chi connectivity index (χ0v) is 19.3. The summed E-state index contributed by atoms with van der Waals surface area (Å²) in [5.74, 6) is 0.141. The van der Waals surface area contributed by atoms with E-state index in [-0.39, 0.29) is 23.8 Å². The van der Waals surface area contributed by atoms with Gasteiger partial charge in [-0.15, -0.1) is 0 Å². The lowest BCUT2D eigenvalue weighted by molar-refractivity contribution is -0.137. The molecule has 178 valence electrons. The van der Waals surface area contributed by atoms with Crippen molar-refractivity contribution in [2.75, 3.05) is 45.8 Å². The fourth-order valence-electron chi connectivity index (χ4n) is 5.65. The SMILES string of the molecule is CC1CCCCN1C(=O)CN1CCN(C(=O)CCCN2C(=O)NC3(CCCC3)C2=O)CC1. The average molecular weight is 448 g/mol. The number of nitrogens with one attached hydrogen (secondary N) is 1. The van der Waals surface area contributed by atoms with Crippen molar-refractivity contribution < 1.29 is 19.2 Å². The Morgan fingerprint density at radius 3 is 2.38 bits per heavy atom. The molecule has 0 bridgehead atoms. The first-order valence-electron chi connectivity index (χ1n) is 12.3. The topological polar surface area (TPSA) is 93.3 Å². The molecule has 1 N–H and O–H groups in total. The zero-order chi connectivity index (χ0) is 22.7. The molecule has 1 unspecified atom stereocenters. The summed E-state index contributed by atoms with van der Waals surface area (Å²) < 4.78 is 0. The highest BCUT2D eigenvalue weighted by molar-refractivity contribution is 6.07. The Bertz CT molecular complexity index is 743. The van der Waals surface area contributed by atoms with Crippen LogP contribution in [0.4, 0.5) is 4.79 Å². The largest absolute Gasteiger partial charge is 0.340 e. The number of hydrogen-bond donors (Lipinski definition) is 1. The summed E-state index contributed by atoms with van der Waals surface area (Å²) in [6.07, 6.45) is 7.55. The van der Waals surface area contributed by atoms with Gasteiger partial charge >= 0.3 is 6.03 Å². The van der Waals surface area contributed by atoms with E-state index in [1.165, 1.54) is 11.3 Å². The maximum Gasteiger partial charge on any atom is 0.325 e. The summed E-state index contributed by atoms with van der Waals surface area (Å²) in [7, 11) is 0. The summed E-state index contributed by atoms with van der Waals surface area (Å²) in [5, 5.41) is 2.88. The first-order chi connectivity index (χ1) is 15.4. The van der Waals surface area contributed by atoms with Crippen LogP contribution in [0.1, 0.15) is 64.7 Å². The molecule has 1 spiro atoms. The molecule has 0 aromatic rings. The summed E-state index contributed by atoms with van der Waals surface area (Å²) in [5.41, 5.74) is -0.680. The van der Waals surface area contributed by atoms with Crippen molar-refractivity contribution >= 4 is 23.8 Å². The number of imide groups is 1. The Labute approximate surface area is 190 Å². The molecule has 3 heterocycles. The van der Waals surface area contributed by atoms with Crippen LogP contribution in [0.15, 0.2) is 0 Å². The number of hydrogen-bond acceptors (Lipinski definition) is 5. The van der Waals surface area contributed by atoms with Gasteiger partial charge in [-0.3, -0.25) is 24.2 Å². The van der Waals surface area contributed by atoms with Gasteiger partial charge in [0.25, 0.3) is 5.91 Å². The number of rotatable bonds is 6. The van der Waals surface area contributed by atoms with E-state index in [0.717, 1.165) is 45.1 Å². The quantitative estimate of drug-likeness (QED) is 0.617. The van der Waals surface area contributed by atoms with Crippen molar-refractivity contribution in [2.24, 2.45) is 0 Å². The van der Waals surface area contributed by atoms with E-state index in [0.29, 0.717) is 58.2 Å². The van der Waals surface area contributed by atoms with Crippen molar-refractivity contribution in [3.63, 3.8) is 0 Å². The molecule has 1 aliphatic carbocycles. The summed E-state index contributed by atoms with van der Waals surface area (Å²) >= 11 is 0. The molecule has 1 atom stereocenters. The van der Waals surface area contributed by atoms with E-state index in [4.69, 9.17) is 0 Å². The molecular formula is C23H37N5O4. The third-order valence-electron chi connectivity index (χ3n) is 7.68. The first-order valence-corrected chi connectivity index (χ1v) is 12.3. The van der Waals surface area contributed by atoms with Crippen molar-refractivity contribution in [2.45, 2.75) is 76.3 Å². The third-order valence-corrected chi connectivity index (χ3v) is 7.68. The van der Waals surface area contributed by atoms with Gasteiger partial charge in [-0.2, -0.15) is 0 Å². The van der Waals surface area contributed by atoms with E-state index >= 15 is 0 Å². The smallest absolute Gasteiger partial charge is 0.325 e. The number of amides is 5. The number of likely N-dealkylation sites (tertiary alicyclic amines) is 1. The van der Waals surface area contributed by atoms with Gasteiger partial charge < -0.3 is 15.1 Å². The number of piperazine rings is 1. The van der Waals surface area contributed by atoms with Crippen LogP contribution in [0.5, 0.6) is 0 Å². The number of nitrogens with zero attached hydrogens (tertiary/aromatic N) is 4. The van der Waals surface area contributed by atoms with E-state index in [2.05, 4.69) is 17.1 Å². The van der Waals surface area contributed by atoms with Crippen molar-refractivity contribution in [1.29, 1.82) is 0 Å². The van der Waals surface area contributed by atoms with Gasteiger partial charge in [-0.05, 0) is 45.4 Å². The van der Waals surface area contributed by atoms with Gasteiger partial charge in [0, 0.05) is 51.7 Å². The normalized spacial score (nSPS) is 26.2. The lowest BCUT2D eigenvalue weighted by Crippen LogP contribution is -2.53. The monoisotopic (exact) mass is 447 g/mol. The number of urea groups is 1. The number of carbonyl (C=O) groups excluding carboxylic acids is 4. The molecule has 4 aliphatic rings. The highest BCUT2D eigenvalue weighted by Crippen LogP contribution is 2.35. The minimum atomic E-state index is -0.680. The second-order valence-electron chi connectivity index (χ2n) is 9.87.